The van der Waals surface area contributed by atoms with Gasteiger partial charge in [0.25, 0.3) is 0 Å². The highest BCUT2D eigenvalue weighted by atomic mass is 79.9. The van der Waals surface area contributed by atoms with E-state index in [0.29, 0.717) is 40.8 Å². The maximum Gasteiger partial charge on any atom is 0.244 e. The van der Waals surface area contributed by atoms with Crippen molar-refractivity contribution < 1.29 is 8.42 Å². The van der Waals surface area contributed by atoms with E-state index in [9.17, 15) is 8.42 Å². The Morgan fingerprint density at radius 2 is 2.14 bits per heavy atom. The van der Waals surface area contributed by atoms with Gasteiger partial charge in [0.1, 0.15) is 0 Å². The Hall–Kier alpha value is -0.430. The summed E-state index contributed by atoms with van der Waals surface area (Å²) in [4.78, 5) is 0.375. The predicted octanol–water partition coefficient (Wildman–Crippen LogP) is 2.84. The van der Waals surface area contributed by atoms with Gasteiger partial charge in [-0.25, -0.2) is 8.42 Å². The standard InChI is InChI=1S/C15H23BrN2O2S/c1-11(2)13-6-7-18(10-13)21(19,20)15-8-12(9-17-3)4-5-14(15)16/h4-5,8,11,13,17H,6-7,9-10H2,1-3H3. The topological polar surface area (TPSA) is 49.4 Å². The van der Waals surface area contributed by atoms with Gasteiger partial charge in [-0.1, -0.05) is 19.9 Å². The van der Waals surface area contributed by atoms with Crippen molar-refractivity contribution >= 4 is 26.0 Å². The fraction of sp³-hybridized carbons (Fsp3) is 0.600. The van der Waals surface area contributed by atoms with E-state index in [1.165, 1.54) is 0 Å². The van der Waals surface area contributed by atoms with Crippen LogP contribution in [0.1, 0.15) is 25.8 Å². The minimum Gasteiger partial charge on any atom is -0.316 e. The first kappa shape index (κ1) is 16.9. The van der Waals surface area contributed by atoms with Crippen LogP contribution in [0.4, 0.5) is 0 Å². The third-order valence-corrected chi connectivity index (χ3v) is 6.98. The lowest BCUT2D eigenvalue weighted by Crippen LogP contribution is -2.30. The van der Waals surface area contributed by atoms with Gasteiger partial charge < -0.3 is 5.32 Å². The van der Waals surface area contributed by atoms with Gasteiger partial charge in [-0.2, -0.15) is 4.31 Å². The highest BCUT2D eigenvalue weighted by Crippen LogP contribution is 2.32. The van der Waals surface area contributed by atoms with E-state index in [-0.39, 0.29) is 0 Å². The SMILES string of the molecule is CNCc1ccc(Br)c(S(=O)(=O)N2CCC(C(C)C)C2)c1. The summed E-state index contributed by atoms with van der Waals surface area (Å²) in [5.74, 6) is 0.975. The van der Waals surface area contributed by atoms with E-state index < -0.39 is 10.0 Å². The van der Waals surface area contributed by atoms with E-state index in [2.05, 4.69) is 35.1 Å². The molecule has 1 unspecified atom stereocenters. The molecule has 0 aromatic heterocycles. The zero-order chi connectivity index (χ0) is 15.6. The van der Waals surface area contributed by atoms with Crippen LogP contribution in [0.25, 0.3) is 0 Å². The zero-order valence-electron chi connectivity index (χ0n) is 12.8. The molecule has 1 aliphatic rings. The lowest BCUT2D eigenvalue weighted by atomic mass is 9.96. The number of hydrogen-bond acceptors (Lipinski definition) is 3. The first-order chi connectivity index (χ1) is 9.86. The molecular weight excluding hydrogens is 352 g/mol. The average Bonchev–Trinajstić information content (AvgIpc) is 2.91. The van der Waals surface area contributed by atoms with Crippen molar-refractivity contribution in [2.75, 3.05) is 20.1 Å². The van der Waals surface area contributed by atoms with E-state index in [0.717, 1.165) is 12.0 Å². The van der Waals surface area contributed by atoms with Crippen molar-refractivity contribution in [2.45, 2.75) is 31.7 Å². The molecule has 1 aromatic carbocycles. The van der Waals surface area contributed by atoms with Crippen molar-refractivity contribution in [2.24, 2.45) is 11.8 Å². The Bertz CT molecular complexity index is 602. The molecule has 1 atom stereocenters. The largest absolute Gasteiger partial charge is 0.316 e. The summed E-state index contributed by atoms with van der Waals surface area (Å²) in [5, 5.41) is 3.05. The second-order valence-corrected chi connectivity index (χ2v) is 8.71. The minimum absolute atomic E-state index is 0.375. The number of rotatable bonds is 5. The Morgan fingerprint density at radius 1 is 1.43 bits per heavy atom. The molecule has 0 bridgehead atoms. The predicted molar refractivity (Wildman–Crippen MR) is 88.6 cm³/mol. The summed E-state index contributed by atoms with van der Waals surface area (Å²) in [6.07, 6.45) is 0.949. The zero-order valence-corrected chi connectivity index (χ0v) is 15.2. The quantitative estimate of drug-likeness (QED) is 0.861. The Morgan fingerprint density at radius 3 is 2.71 bits per heavy atom. The van der Waals surface area contributed by atoms with Crippen molar-refractivity contribution in [3.8, 4) is 0 Å². The molecule has 0 spiro atoms. The number of sulfonamides is 1. The molecule has 1 saturated heterocycles. The fourth-order valence-electron chi connectivity index (χ4n) is 2.72. The van der Waals surface area contributed by atoms with Crippen molar-refractivity contribution in [1.82, 2.24) is 9.62 Å². The average molecular weight is 375 g/mol. The van der Waals surface area contributed by atoms with Crippen LogP contribution in [0.5, 0.6) is 0 Å². The summed E-state index contributed by atoms with van der Waals surface area (Å²) >= 11 is 3.38. The Balaban J connectivity index is 2.30. The summed E-state index contributed by atoms with van der Waals surface area (Å²) in [6, 6.07) is 5.51. The second kappa shape index (κ2) is 6.77. The normalized spacial score (nSPS) is 20.3. The first-order valence-electron chi connectivity index (χ1n) is 7.29. The van der Waals surface area contributed by atoms with Crippen LogP contribution in [0.3, 0.4) is 0 Å². The molecule has 0 aliphatic carbocycles. The van der Waals surface area contributed by atoms with E-state index in [1.807, 2.05) is 19.2 Å². The monoisotopic (exact) mass is 374 g/mol. The molecular formula is C15H23BrN2O2S. The molecule has 6 heteroatoms. The maximum absolute atomic E-state index is 12.9. The summed E-state index contributed by atoms with van der Waals surface area (Å²) in [5.41, 5.74) is 0.971. The molecule has 0 radical (unpaired) electrons. The van der Waals surface area contributed by atoms with Gasteiger partial charge in [-0.3, -0.25) is 0 Å². The van der Waals surface area contributed by atoms with Crippen LogP contribution in [-0.4, -0.2) is 32.9 Å². The number of nitrogens with one attached hydrogen (secondary N) is 1. The Labute approximate surface area is 136 Å². The number of benzene rings is 1. The van der Waals surface area contributed by atoms with Crippen LogP contribution < -0.4 is 5.32 Å². The van der Waals surface area contributed by atoms with Crippen molar-refractivity contribution in [3.63, 3.8) is 0 Å². The van der Waals surface area contributed by atoms with Crippen LogP contribution in [0, 0.1) is 11.8 Å². The van der Waals surface area contributed by atoms with E-state index in [1.54, 1.807) is 10.4 Å². The number of nitrogens with zero attached hydrogens (tertiary/aromatic N) is 1. The molecule has 1 fully saturated rings. The minimum atomic E-state index is -3.42. The lowest BCUT2D eigenvalue weighted by molar-refractivity contribution is 0.388. The fourth-order valence-corrected chi connectivity index (χ4v) is 5.20. The summed E-state index contributed by atoms with van der Waals surface area (Å²) in [6.45, 7) is 6.22. The van der Waals surface area contributed by atoms with E-state index in [4.69, 9.17) is 0 Å². The first-order valence-corrected chi connectivity index (χ1v) is 9.52. The molecule has 1 aliphatic heterocycles. The van der Waals surface area contributed by atoms with Crippen LogP contribution in [-0.2, 0) is 16.6 Å². The number of halogens is 1. The molecule has 2 rings (SSSR count). The molecule has 4 nitrogen and oxygen atoms in total. The van der Waals surface area contributed by atoms with Gasteiger partial charge in [0.05, 0.1) is 4.90 Å². The number of hydrogen-bond donors (Lipinski definition) is 1. The smallest absolute Gasteiger partial charge is 0.244 e. The van der Waals surface area contributed by atoms with Crippen LogP contribution in [0.2, 0.25) is 0 Å². The summed E-state index contributed by atoms with van der Waals surface area (Å²) in [7, 11) is -1.57. The molecule has 21 heavy (non-hydrogen) atoms. The van der Waals surface area contributed by atoms with Gasteiger partial charge in [0, 0.05) is 24.1 Å². The van der Waals surface area contributed by atoms with Crippen molar-refractivity contribution in [3.05, 3.63) is 28.2 Å². The maximum atomic E-state index is 12.9. The highest BCUT2D eigenvalue weighted by Gasteiger charge is 2.34. The lowest BCUT2D eigenvalue weighted by Gasteiger charge is -2.19. The van der Waals surface area contributed by atoms with E-state index >= 15 is 0 Å². The van der Waals surface area contributed by atoms with Gasteiger partial charge in [0.15, 0.2) is 0 Å². The van der Waals surface area contributed by atoms with Crippen LogP contribution >= 0.6 is 15.9 Å². The third kappa shape index (κ3) is 3.67. The van der Waals surface area contributed by atoms with Gasteiger partial charge >= 0.3 is 0 Å². The van der Waals surface area contributed by atoms with Crippen LogP contribution in [0.15, 0.2) is 27.6 Å². The molecule has 0 saturated carbocycles. The second-order valence-electron chi connectivity index (χ2n) is 5.95. The van der Waals surface area contributed by atoms with Gasteiger partial charge in [-0.15, -0.1) is 0 Å². The third-order valence-electron chi connectivity index (χ3n) is 4.12. The molecule has 118 valence electrons. The van der Waals surface area contributed by atoms with Gasteiger partial charge in [-0.05, 0) is 58.9 Å². The molecule has 1 N–H and O–H groups in total. The molecule has 0 amide bonds. The highest BCUT2D eigenvalue weighted by molar-refractivity contribution is 9.10. The van der Waals surface area contributed by atoms with Gasteiger partial charge in [0.2, 0.25) is 10.0 Å². The molecule has 1 heterocycles. The summed E-state index contributed by atoms with van der Waals surface area (Å²) < 4.78 is 28.0. The Kier molecular flexibility index (Phi) is 5.46. The molecule has 1 aromatic rings. The van der Waals surface area contributed by atoms with Crippen molar-refractivity contribution in [1.29, 1.82) is 0 Å².